The Labute approximate surface area is 128 Å². The Morgan fingerprint density at radius 3 is 2.81 bits per heavy atom. The van der Waals surface area contributed by atoms with E-state index in [1.807, 2.05) is 24.3 Å². The molecular weight excluding hydrogens is 289 g/mol. The van der Waals surface area contributed by atoms with Gasteiger partial charge in [-0.05, 0) is 36.1 Å². The molecule has 1 amide bonds. The zero-order chi connectivity index (χ0) is 14.8. The van der Waals surface area contributed by atoms with Gasteiger partial charge in [0.15, 0.2) is 0 Å². The fraction of sp³-hybridized carbons (Fsp3) is 0.235. The Morgan fingerprint density at radius 1 is 1.19 bits per heavy atom. The van der Waals surface area contributed by atoms with E-state index in [1.165, 1.54) is 6.07 Å². The summed E-state index contributed by atoms with van der Waals surface area (Å²) in [6.45, 7) is 0.553. The first-order valence-corrected chi connectivity index (χ1v) is 7.36. The first kappa shape index (κ1) is 14.1. The van der Waals surface area contributed by atoms with Crippen LogP contribution in [-0.2, 0) is 17.6 Å². The average Bonchev–Trinajstić information content (AvgIpc) is 2.49. The molecule has 4 heteroatoms. The molecule has 1 aliphatic heterocycles. The monoisotopic (exact) mass is 303 g/mol. The van der Waals surface area contributed by atoms with Crippen LogP contribution in [0.3, 0.4) is 0 Å². The van der Waals surface area contributed by atoms with E-state index in [9.17, 15) is 9.18 Å². The number of amides is 1. The van der Waals surface area contributed by atoms with E-state index in [-0.39, 0.29) is 18.1 Å². The summed E-state index contributed by atoms with van der Waals surface area (Å²) in [6, 6.07) is 12.2. The summed E-state index contributed by atoms with van der Waals surface area (Å²) in [5.41, 5.74) is 2.10. The van der Waals surface area contributed by atoms with Gasteiger partial charge < -0.3 is 4.90 Å². The third-order valence-corrected chi connectivity index (χ3v) is 4.14. The number of aryl methyl sites for hydroxylation is 1. The summed E-state index contributed by atoms with van der Waals surface area (Å²) in [7, 11) is 0. The molecule has 2 aromatic carbocycles. The minimum atomic E-state index is -0.334. The molecule has 3 rings (SSSR count). The normalized spacial score (nSPS) is 13.9. The lowest BCUT2D eigenvalue weighted by atomic mass is 10.0. The van der Waals surface area contributed by atoms with Crippen LogP contribution in [-0.4, -0.2) is 12.5 Å². The largest absolute Gasteiger partial charge is 0.309 e. The van der Waals surface area contributed by atoms with Crippen LogP contribution < -0.4 is 4.90 Å². The molecule has 0 saturated carbocycles. The van der Waals surface area contributed by atoms with Crippen molar-refractivity contribution in [3.05, 3.63) is 64.4 Å². The Bertz CT molecular complexity index is 686. The number of carbonyl (C=O) groups excluding carboxylic acids is 1. The number of hydrogen-bond acceptors (Lipinski definition) is 1. The van der Waals surface area contributed by atoms with E-state index < -0.39 is 0 Å². The first-order chi connectivity index (χ1) is 10.2. The molecule has 2 nitrogen and oxygen atoms in total. The number of rotatable bonds is 2. The number of para-hydroxylation sites is 1. The van der Waals surface area contributed by atoms with E-state index in [0.29, 0.717) is 17.3 Å². The lowest BCUT2D eigenvalue weighted by Gasteiger charge is -2.30. The maximum atomic E-state index is 14.1. The fourth-order valence-corrected chi connectivity index (χ4v) is 2.96. The molecule has 0 aromatic heterocycles. The zero-order valence-electron chi connectivity index (χ0n) is 11.5. The number of anilines is 1. The number of nitrogens with zero attached hydrogens (tertiary/aromatic N) is 1. The summed E-state index contributed by atoms with van der Waals surface area (Å²) in [6.07, 6.45) is 1.85. The molecule has 0 spiro atoms. The Balaban J connectivity index is 1.89. The quantitative estimate of drug-likeness (QED) is 0.821. The molecule has 0 N–H and O–H groups in total. The lowest BCUT2D eigenvalue weighted by molar-refractivity contribution is -0.118. The van der Waals surface area contributed by atoms with Gasteiger partial charge in [-0.2, -0.15) is 0 Å². The van der Waals surface area contributed by atoms with Crippen LogP contribution in [0, 0.1) is 5.82 Å². The predicted octanol–water partition coefficient (Wildman–Crippen LogP) is 4.00. The van der Waals surface area contributed by atoms with Gasteiger partial charge in [0.25, 0.3) is 0 Å². The molecule has 0 unspecified atom stereocenters. The van der Waals surface area contributed by atoms with Gasteiger partial charge in [0.2, 0.25) is 5.91 Å². The van der Waals surface area contributed by atoms with E-state index in [1.54, 1.807) is 17.0 Å². The zero-order valence-corrected chi connectivity index (χ0v) is 12.2. The molecule has 0 saturated heterocycles. The highest BCUT2D eigenvalue weighted by Crippen LogP contribution is 2.30. The van der Waals surface area contributed by atoms with Crippen LogP contribution in [0.15, 0.2) is 42.5 Å². The van der Waals surface area contributed by atoms with Crippen molar-refractivity contribution in [3.63, 3.8) is 0 Å². The Morgan fingerprint density at radius 2 is 2.00 bits per heavy atom. The van der Waals surface area contributed by atoms with Crippen molar-refractivity contribution in [3.8, 4) is 0 Å². The number of fused-ring (bicyclic) bond motifs is 1. The van der Waals surface area contributed by atoms with Crippen molar-refractivity contribution in [2.75, 3.05) is 11.4 Å². The molecule has 1 heterocycles. The summed E-state index contributed by atoms with van der Waals surface area (Å²) in [5, 5.41) is 0.566. The van der Waals surface area contributed by atoms with Crippen molar-refractivity contribution in [2.24, 2.45) is 0 Å². The Hall–Kier alpha value is -1.87. The summed E-state index contributed by atoms with van der Waals surface area (Å²) in [4.78, 5) is 14.1. The van der Waals surface area contributed by atoms with Crippen molar-refractivity contribution in [2.45, 2.75) is 19.3 Å². The summed E-state index contributed by atoms with van der Waals surface area (Å²) < 4.78 is 14.1. The average molecular weight is 304 g/mol. The lowest BCUT2D eigenvalue weighted by Crippen LogP contribution is -2.37. The molecule has 108 valence electrons. The smallest absolute Gasteiger partial charge is 0.231 e. The number of benzene rings is 2. The highest BCUT2D eigenvalue weighted by molar-refractivity contribution is 6.31. The standard InChI is InChI=1S/C17H15ClFNO/c18-14-8-2-1-5-13(14)11-16(21)20-10-4-7-12-6-3-9-15(19)17(12)20/h1-3,5-6,8-9H,4,7,10-11H2. The fourth-order valence-electron chi connectivity index (χ4n) is 2.75. The summed E-state index contributed by atoms with van der Waals surface area (Å²) >= 11 is 6.09. The van der Waals surface area contributed by atoms with Gasteiger partial charge in [0, 0.05) is 11.6 Å². The van der Waals surface area contributed by atoms with Crippen molar-refractivity contribution >= 4 is 23.2 Å². The molecule has 0 aliphatic carbocycles. The molecule has 0 fully saturated rings. The molecule has 0 radical (unpaired) electrons. The predicted molar refractivity (Wildman–Crippen MR) is 82.2 cm³/mol. The van der Waals surface area contributed by atoms with Crippen molar-refractivity contribution < 1.29 is 9.18 Å². The third-order valence-electron chi connectivity index (χ3n) is 3.77. The molecule has 0 bridgehead atoms. The van der Waals surface area contributed by atoms with E-state index in [2.05, 4.69) is 0 Å². The summed E-state index contributed by atoms with van der Waals surface area (Å²) in [5.74, 6) is -0.450. The van der Waals surface area contributed by atoms with Crippen molar-refractivity contribution in [1.29, 1.82) is 0 Å². The molecule has 21 heavy (non-hydrogen) atoms. The number of carbonyl (C=O) groups is 1. The molecule has 2 aromatic rings. The molecule has 0 atom stereocenters. The second-order valence-electron chi connectivity index (χ2n) is 5.16. The highest BCUT2D eigenvalue weighted by atomic mass is 35.5. The van der Waals surface area contributed by atoms with Gasteiger partial charge in [-0.3, -0.25) is 4.79 Å². The van der Waals surface area contributed by atoms with Gasteiger partial charge in [-0.1, -0.05) is 41.9 Å². The van der Waals surface area contributed by atoms with E-state index in [4.69, 9.17) is 11.6 Å². The van der Waals surface area contributed by atoms with Gasteiger partial charge >= 0.3 is 0 Å². The van der Waals surface area contributed by atoms with Gasteiger partial charge in [0.1, 0.15) is 5.82 Å². The second kappa shape index (κ2) is 5.86. The Kier molecular flexibility index (Phi) is 3.93. The number of halogens is 2. The van der Waals surface area contributed by atoms with Crippen LogP contribution in [0.25, 0.3) is 0 Å². The number of hydrogen-bond donors (Lipinski definition) is 0. The van der Waals surface area contributed by atoms with Gasteiger partial charge in [-0.25, -0.2) is 4.39 Å². The highest BCUT2D eigenvalue weighted by Gasteiger charge is 2.25. The van der Waals surface area contributed by atoms with Crippen LogP contribution in [0.4, 0.5) is 10.1 Å². The third kappa shape index (κ3) is 2.79. The van der Waals surface area contributed by atoms with Crippen LogP contribution in [0.2, 0.25) is 5.02 Å². The van der Waals surface area contributed by atoms with Crippen LogP contribution in [0.5, 0.6) is 0 Å². The van der Waals surface area contributed by atoms with Crippen LogP contribution in [0.1, 0.15) is 17.5 Å². The van der Waals surface area contributed by atoms with Gasteiger partial charge in [0.05, 0.1) is 12.1 Å². The minimum absolute atomic E-state index is 0.117. The van der Waals surface area contributed by atoms with Gasteiger partial charge in [-0.15, -0.1) is 0 Å². The maximum absolute atomic E-state index is 14.1. The first-order valence-electron chi connectivity index (χ1n) is 6.98. The second-order valence-corrected chi connectivity index (χ2v) is 5.57. The van der Waals surface area contributed by atoms with Crippen LogP contribution >= 0.6 is 11.6 Å². The maximum Gasteiger partial charge on any atom is 0.231 e. The SMILES string of the molecule is O=C(Cc1ccccc1Cl)N1CCCc2cccc(F)c21. The molecular formula is C17H15ClFNO. The molecule has 1 aliphatic rings. The topological polar surface area (TPSA) is 20.3 Å². The van der Waals surface area contributed by atoms with E-state index in [0.717, 1.165) is 24.0 Å². The minimum Gasteiger partial charge on any atom is -0.309 e. The van der Waals surface area contributed by atoms with E-state index >= 15 is 0 Å². The van der Waals surface area contributed by atoms with Crippen molar-refractivity contribution in [1.82, 2.24) is 0 Å².